The molecule has 0 saturated heterocycles. The fourth-order valence-electron chi connectivity index (χ4n) is 3.27. The Kier molecular flexibility index (Phi) is 4.10. The van der Waals surface area contributed by atoms with Gasteiger partial charge in [0.05, 0.1) is 6.20 Å². The van der Waals surface area contributed by atoms with Crippen LogP contribution in [0.4, 0.5) is 0 Å². The van der Waals surface area contributed by atoms with Gasteiger partial charge in [-0.25, -0.2) is 0 Å². The number of hydrogen-bond donors (Lipinski definition) is 0. The van der Waals surface area contributed by atoms with Crippen LogP contribution in [-0.2, 0) is 0 Å². The SMILES string of the molecule is C=[C]N(C1CCCCC1)C1CCCCC1. The minimum Gasteiger partial charge on any atom is -0.364 e. The third kappa shape index (κ3) is 2.76. The van der Waals surface area contributed by atoms with E-state index in [4.69, 9.17) is 0 Å². The molecule has 2 fully saturated rings. The number of nitrogens with zero attached hydrogens (tertiary/aromatic N) is 1. The first-order valence-corrected chi connectivity index (χ1v) is 6.73. The second-order valence-corrected chi connectivity index (χ2v) is 5.15. The zero-order chi connectivity index (χ0) is 10.5. The first-order valence-electron chi connectivity index (χ1n) is 6.73. The summed E-state index contributed by atoms with van der Waals surface area (Å²) in [6.07, 6.45) is 17.2. The summed E-state index contributed by atoms with van der Waals surface area (Å²) in [6, 6.07) is 1.53. The fourth-order valence-corrected chi connectivity index (χ4v) is 3.27. The van der Waals surface area contributed by atoms with Crippen molar-refractivity contribution < 1.29 is 0 Å². The van der Waals surface area contributed by atoms with Crippen molar-refractivity contribution in [3.63, 3.8) is 0 Å². The highest BCUT2D eigenvalue weighted by Gasteiger charge is 2.26. The Balaban J connectivity index is 1.91. The van der Waals surface area contributed by atoms with Crippen LogP contribution in [0.5, 0.6) is 0 Å². The van der Waals surface area contributed by atoms with Gasteiger partial charge in [0.25, 0.3) is 0 Å². The molecular formula is C14H24N. The van der Waals surface area contributed by atoms with Crippen LogP contribution in [0.1, 0.15) is 64.2 Å². The lowest BCUT2D eigenvalue weighted by Crippen LogP contribution is -2.41. The van der Waals surface area contributed by atoms with Crippen molar-refractivity contribution in [3.8, 4) is 0 Å². The van der Waals surface area contributed by atoms with Gasteiger partial charge in [-0.1, -0.05) is 45.1 Å². The van der Waals surface area contributed by atoms with Crippen molar-refractivity contribution in [3.05, 3.63) is 12.8 Å². The molecule has 2 saturated carbocycles. The predicted molar refractivity (Wildman–Crippen MR) is 64.5 cm³/mol. The first-order chi connectivity index (χ1) is 7.42. The molecule has 0 atom stereocenters. The standard InChI is InChI=1S/C14H24N/c1-2-15(13-9-5-3-6-10-13)14-11-7-4-8-12-14/h13-14H,1,3-12H2. The van der Waals surface area contributed by atoms with Gasteiger partial charge in [0.15, 0.2) is 0 Å². The first kappa shape index (κ1) is 11.0. The summed E-state index contributed by atoms with van der Waals surface area (Å²) in [6.45, 7) is 3.91. The summed E-state index contributed by atoms with van der Waals surface area (Å²) in [4.78, 5) is 2.48. The summed E-state index contributed by atoms with van der Waals surface area (Å²) in [5, 5.41) is 0. The van der Waals surface area contributed by atoms with Crippen LogP contribution >= 0.6 is 0 Å². The molecule has 2 rings (SSSR count). The molecule has 0 spiro atoms. The van der Waals surface area contributed by atoms with Crippen LogP contribution in [0.3, 0.4) is 0 Å². The molecule has 2 aliphatic rings. The van der Waals surface area contributed by atoms with Gasteiger partial charge < -0.3 is 4.90 Å². The van der Waals surface area contributed by atoms with E-state index in [9.17, 15) is 0 Å². The van der Waals surface area contributed by atoms with E-state index in [0.717, 1.165) is 12.1 Å². The molecule has 0 bridgehead atoms. The van der Waals surface area contributed by atoms with E-state index in [1.807, 2.05) is 0 Å². The maximum Gasteiger partial charge on any atom is 0.0530 e. The minimum absolute atomic E-state index is 0.763. The summed E-state index contributed by atoms with van der Waals surface area (Å²) in [5.41, 5.74) is 0. The monoisotopic (exact) mass is 206 g/mol. The molecule has 85 valence electrons. The molecular weight excluding hydrogens is 182 g/mol. The van der Waals surface area contributed by atoms with E-state index in [1.165, 1.54) is 64.2 Å². The number of hydrogen-bond acceptors (Lipinski definition) is 1. The molecule has 0 aromatic carbocycles. The maximum atomic E-state index is 3.91. The average Bonchev–Trinajstić information content (AvgIpc) is 2.33. The van der Waals surface area contributed by atoms with Crippen molar-refractivity contribution in [2.24, 2.45) is 0 Å². The van der Waals surface area contributed by atoms with Crippen molar-refractivity contribution in [1.29, 1.82) is 0 Å². The van der Waals surface area contributed by atoms with Gasteiger partial charge in [-0.2, -0.15) is 0 Å². The van der Waals surface area contributed by atoms with Gasteiger partial charge in [-0.05, 0) is 25.7 Å². The Morgan fingerprint density at radius 1 is 0.733 bits per heavy atom. The Bertz CT molecular complexity index is 170. The fraction of sp³-hybridized carbons (Fsp3) is 0.857. The zero-order valence-electron chi connectivity index (χ0n) is 9.88. The van der Waals surface area contributed by atoms with Gasteiger partial charge in [0, 0.05) is 12.1 Å². The second kappa shape index (κ2) is 5.58. The van der Waals surface area contributed by atoms with Crippen LogP contribution in [0.2, 0.25) is 0 Å². The van der Waals surface area contributed by atoms with E-state index < -0.39 is 0 Å². The maximum absolute atomic E-state index is 3.91. The molecule has 0 N–H and O–H groups in total. The lowest BCUT2D eigenvalue weighted by atomic mass is 9.89. The van der Waals surface area contributed by atoms with Crippen LogP contribution in [0, 0.1) is 6.20 Å². The Morgan fingerprint density at radius 2 is 1.13 bits per heavy atom. The Morgan fingerprint density at radius 3 is 1.47 bits per heavy atom. The van der Waals surface area contributed by atoms with Crippen molar-refractivity contribution in [2.75, 3.05) is 0 Å². The molecule has 15 heavy (non-hydrogen) atoms. The average molecular weight is 206 g/mol. The summed E-state index contributed by atoms with van der Waals surface area (Å²) >= 11 is 0. The molecule has 0 aromatic rings. The van der Waals surface area contributed by atoms with Crippen LogP contribution in [0.25, 0.3) is 0 Å². The quantitative estimate of drug-likeness (QED) is 0.633. The zero-order valence-corrected chi connectivity index (χ0v) is 9.88. The van der Waals surface area contributed by atoms with Gasteiger partial charge >= 0.3 is 0 Å². The third-order valence-electron chi connectivity index (χ3n) is 4.12. The van der Waals surface area contributed by atoms with Gasteiger partial charge in [-0.3, -0.25) is 0 Å². The molecule has 1 nitrogen and oxygen atoms in total. The summed E-state index contributed by atoms with van der Waals surface area (Å²) < 4.78 is 0. The molecule has 0 unspecified atom stereocenters. The van der Waals surface area contributed by atoms with Gasteiger partial charge in [-0.15, -0.1) is 0 Å². The van der Waals surface area contributed by atoms with E-state index in [1.54, 1.807) is 0 Å². The topological polar surface area (TPSA) is 3.24 Å². The Labute approximate surface area is 94.5 Å². The molecule has 2 aliphatic carbocycles. The van der Waals surface area contributed by atoms with Crippen LogP contribution < -0.4 is 0 Å². The highest BCUT2D eigenvalue weighted by atomic mass is 15.2. The normalized spacial score (nSPS) is 25.1. The highest BCUT2D eigenvalue weighted by Crippen LogP contribution is 2.29. The molecule has 0 heterocycles. The minimum atomic E-state index is 0.763. The smallest absolute Gasteiger partial charge is 0.0530 e. The second-order valence-electron chi connectivity index (χ2n) is 5.15. The van der Waals surface area contributed by atoms with Crippen LogP contribution in [-0.4, -0.2) is 17.0 Å². The summed E-state index contributed by atoms with van der Waals surface area (Å²) in [5.74, 6) is 0. The van der Waals surface area contributed by atoms with E-state index in [-0.39, 0.29) is 0 Å². The van der Waals surface area contributed by atoms with Gasteiger partial charge in [0.2, 0.25) is 0 Å². The molecule has 0 aliphatic heterocycles. The van der Waals surface area contributed by atoms with Gasteiger partial charge in [0.1, 0.15) is 0 Å². The van der Waals surface area contributed by atoms with Crippen molar-refractivity contribution in [1.82, 2.24) is 4.90 Å². The molecule has 0 amide bonds. The number of rotatable bonds is 3. The third-order valence-corrected chi connectivity index (χ3v) is 4.12. The largest absolute Gasteiger partial charge is 0.364 e. The lowest BCUT2D eigenvalue weighted by molar-refractivity contribution is 0.125. The predicted octanol–water partition coefficient (Wildman–Crippen LogP) is 3.90. The highest BCUT2D eigenvalue weighted by molar-refractivity contribution is 4.85. The van der Waals surface area contributed by atoms with Crippen LogP contribution in [0.15, 0.2) is 6.58 Å². The molecule has 1 radical (unpaired) electrons. The van der Waals surface area contributed by atoms with Crippen molar-refractivity contribution >= 4 is 0 Å². The molecule has 0 aromatic heterocycles. The van der Waals surface area contributed by atoms with E-state index >= 15 is 0 Å². The lowest BCUT2D eigenvalue weighted by Gasteiger charge is -2.40. The van der Waals surface area contributed by atoms with E-state index in [2.05, 4.69) is 17.7 Å². The van der Waals surface area contributed by atoms with E-state index in [0.29, 0.717) is 0 Å². The Hall–Kier alpha value is -0.460. The summed E-state index contributed by atoms with van der Waals surface area (Å²) in [7, 11) is 0. The molecule has 1 heteroatoms. The van der Waals surface area contributed by atoms with Crippen molar-refractivity contribution in [2.45, 2.75) is 76.3 Å².